The van der Waals surface area contributed by atoms with E-state index in [0.717, 1.165) is 5.69 Å². The van der Waals surface area contributed by atoms with Gasteiger partial charge in [-0.2, -0.15) is 0 Å². The normalized spacial score (nSPS) is 11.7. The monoisotopic (exact) mass is 293 g/mol. The lowest BCUT2D eigenvalue weighted by molar-refractivity contribution is 1.36. The minimum atomic E-state index is 1.09. The van der Waals surface area contributed by atoms with Crippen LogP contribution in [0.5, 0.6) is 0 Å². The molecule has 0 unspecified atom stereocenters. The maximum absolute atomic E-state index is 4.75. The molecule has 0 spiro atoms. The van der Waals surface area contributed by atoms with Crippen molar-refractivity contribution in [3.63, 3.8) is 0 Å². The number of rotatable bonds is 0. The van der Waals surface area contributed by atoms with E-state index in [0.29, 0.717) is 0 Å². The molecular weight excluding hydrogens is 278 g/mol. The zero-order valence-corrected chi connectivity index (χ0v) is 12.9. The van der Waals surface area contributed by atoms with Gasteiger partial charge in [-0.3, -0.25) is 4.98 Å². The Balaban J connectivity index is 2.10. The largest absolute Gasteiger partial charge is 0.256 e. The summed E-state index contributed by atoms with van der Waals surface area (Å²) >= 11 is 0. The van der Waals surface area contributed by atoms with E-state index in [-0.39, 0.29) is 0 Å². The molecule has 1 nitrogen and oxygen atoms in total. The predicted molar refractivity (Wildman–Crippen MR) is 96.3 cm³/mol. The third-order valence-corrected chi connectivity index (χ3v) is 4.70. The van der Waals surface area contributed by atoms with Crippen LogP contribution in [0.15, 0.2) is 72.9 Å². The second-order valence-electron chi connectivity index (χ2n) is 6.16. The van der Waals surface area contributed by atoms with E-state index in [1.165, 1.54) is 44.2 Å². The molecule has 0 bridgehead atoms. The van der Waals surface area contributed by atoms with Crippen LogP contribution in [-0.4, -0.2) is 4.98 Å². The second kappa shape index (κ2) is 4.53. The summed E-state index contributed by atoms with van der Waals surface area (Å²) in [5, 5.41) is 2.52. The number of fused-ring (bicyclic) bond motifs is 5. The van der Waals surface area contributed by atoms with Gasteiger partial charge in [0.15, 0.2) is 0 Å². The highest BCUT2D eigenvalue weighted by Gasteiger charge is 2.21. The van der Waals surface area contributed by atoms with Crippen molar-refractivity contribution in [2.24, 2.45) is 0 Å². The van der Waals surface area contributed by atoms with E-state index >= 15 is 0 Å². The van der Waals surface area contributed by atoms with Gasteiger partial charge in [0.05, 0.1) is 5.69 Å². The van der Waals surface area contributed by atoms with Crippen molar-refractivity contribution in [2.75, 3.05) is 0 Å². The summed E-state index contributed by atoms with van der Waals surface area (Å²) < 4.78 is 0. The Hall–Kier alpha value is -2.93. The third kappa shape index (κ3) is 1.71. The van der Waals surface area contributed by atoms with Gasteiger partial charge in [0.1, 0.15) is 0 Å². The number of aromatic nitrogens is 1. The van der Waals surface area contributed by atoms with Crippen LogP contribution in [0.1, 0.15) is 5.56 Å². The standard InChI is InChI=1S/C22H15N/c1-14-12-15-10-11-23-22-19-9-5-4-7-17(19)16-6-2-3-8-18(16)20(13-14)21(15)22/h2-13H,1H3. The van der Waals surface area contributed by atoms with Crippen LogP contribution >= 0.6 is 0 Å². The molecule has 0 N–H and O–H groups in total. The van der Waals surface area contributed by atoms with E-state index in [1.54, 1.807) is 0 Å². The van der Waals surface area contributed by atoms with Crippen molar-refractivity contribution >= 4 is 10.8 Å². The van der Waals surface area contributed by atoms with E-state index in [4.69, 9.17) is 4.98 Å². The maximum Gasteiger partial charge on any atom is 0.0792 e. The molecule has 0 saturated carbocycles. The minimum Gasteiger partial charge on any atom is -0.256 e. The first-order valence-electron chi connectivity index (χ1n) is 7.91. The highest BCUT2D eigenvalue weighted by Crippen LogP contribution is 2.46. The summed E-state index contributed by atoms with van der Waals surface area (Å²) in [6, 6.07) is 23.9. The van der Waals surface area contributed by atoms with Crippen molar-refractivity contribution < 1.29 is 0 Å². The summed E-state index contributed by atoms with van der Waals surface area (Å²) in [6.07, 6.45) is 1.92. The zero-order valence-electron chi connectivity index (χ0n) is 12.9. The molecule has 0 aliphatic heterocycles. The number of hydrogen-bond donors (Lipinski definition) is 0. The van der Waals surface area contributed by atoms with E-state index in [9.17, 15) is 0 Å². The molecule has 0 fully saturated rings. The van der Waals surface area contributed by atoms with Gasteiger partial charge in [-0.1, -0.05) is 60.7 Å². The number of pyridine rings is 1. The van der Waals surface area contributed by atoms with Crippen molar-refractivity contribution in [3.05, 3.63) is 78.5 Å². The Morgan fingerprint density at radius 2 is 1.26 bits per heavy atom. The third-order valence-electron chi connectivity index (χ3n) is 4.70. The average Bonchev–Trinajstić information content (AvgIpc) is 2.71. The van der Waals surface area contributed by atoms with Crippen LogP contribution in [0.4, 0.5) is 0 Å². The molecule has 1 heterocycles. The molecule has 108 valence electrons. The fraction of sp³-hybridized carbons (Fsp3) is 0.0455. The molecule has 5 rings (SSSR count). The first kappa shape index (κ1) is 12.6. The lowest BCUT2D eigenvalue weighted by Gasteiger charge is -2.11. The van der Waals surface area contributed by atoms with Gasteiger partial charge in [-0.05, 0) is 46.2 Å². The van der Waals surface area contributed by atoms with Crippen LogP contribution in [0, 0.1) is 6.92 Å². The van der Waals surface area contributed by atoms with Gasteiger partial charge in [0.25, 0.3) is 0 Å². The van der Waals surface area contributed by atoms with E-state index in [2.05, 4.69) is 73.7 Å². The van der Waals surface area contributed by atoms with Crippen molar-refractivity contribution in [2.45, 2.75) is 6.92 Å². The lowest BCUT2D eigenvalue weighted by Crippen LogP contribution is -1.88. The summed E-state index contributed by atoms with van der Waals surface area (Å²) in [6.45, 7) is 2.16. The van der Waals surface area contributed by atoms with E-state index < -0.39 is 0 Å². The van der Waals surface area contributed by atoms with Crippen LogP contribution in [0.25, 0.3) is 44.3 Å². The van der Waals surface area contributed by atoms with Crippen LogP contribution < -0.4 is 0 Å². The minimum absolute atomic E-state index is 1.09. The highest BCUT2D eigenvalue weighted by molar-refractivity contribution is 6.12. The fourth-order valence-corrected chi connectivity index (χ4v) is 3.76. The molecule has 4 aromatic rings. The number of nitrogens with zero attached hydrogens (tertiary/aromatic N) is 1. The number of hydrogen-bond acceptors (Lipinski definition) is 1. The number of aryl methyl sites for hydroxylation is 1. The quantitative estimate of drug-likeness (QED) is 0.348. The van der Waals surface area contributed by atoms with Crippen molar-refractivity contribution in [1.29, 1.82) is 0 Å². The summed E-state index contributed by atoms with van der Waals surface area (Å²) in [5.41, 5.74) is 8.71. The van der Waals surface area contributed by atoms with Gasteiger partial charge in [-0.15, -0.1) is 0 Å². The highest BCUT2D eigenvalue weighted by atomic mass is 14.7. The van der Waals surface area contributed by atoms with Crippen LogP contribution in [0.3, 0.4) is 0 Å². The molecule has 0 saturated heterocycles. The predicted octanol–water partition coefficient (Wildman–Crippen LogP) is 5.86. The Morgan fingerprint density at radius 1 is 0.652 bits per heavy atom. The van der Waals surface area contributed by atoms with Crippen LogP contribution in [0.2, 0.25) is 0 Å². The molecule has 1 aromatic heterocycles. The van der Waals surface area contributed by atoms with Crippen LogP contribution in [-0.2, 0) is 0 Å². The molecule has 23 heavy (non-hydrogen) atoms. The first-order valence-corrected chi connectivity index (χ1v) is 7.91. The SMILES string of the molecule is Cc1cc2c3c(nccc3c1)-c1ccccc1-c1ccccc1-2. The van der Waals surface area contributed by atoms with Crippen molar-refractivity contribution in [3.8, 4) is 33.5 Å². The van der Waals surface area contributed by atoms with Gasteiger partial charge >= 0.3 is 0 Å². The molecule has 0 amide bonds. The molecule has 3 aromatic carbocycles. The second-order valence-corrected chi connectivity index (χ2v) is 6.16. The molecule has 1 aliphatic carbocycles. The topological polar surface area (TPSA) is 12.9 Å². The molecule has 1 heteroatoms. The van der Waals surface area contributed by atoms with Gasteiger partial charge in [-0.25, -0.2) is 0 Å². The van der Waals surface area contributed by atoms with Gasteiger partial charge in [0.2, 0.25) is 0 Å². The number of benzene rings is 3. The Labute approximate surface area is 135 Å². The Kier molecular flexibility index (Phi) is 2.48. The summed E-state index contributed by atoms with van der Waals surface area (Å²) in [4.78, 5) is 4.75. The molecule has 1 aliphatic rings. The molecule has 0 radical (unpaired) electrons. The lowest BCUT2D eigenvalue weighted by atomic mass is 9.93. The van der Waals surface area contributed by atoms with Gasteiger partial charge < -0.3 is 0 Å². The van der Waals surface area contributed by atoms with Gasteiger partial charge in [0, 0.05) is 17.1 Å². The average molecular weight is 293 g/mol. The molecular formula is C22H15N. The zero-order chi connectivity index (χ0) is 15.4. The van der Waals surface area contributed by atoms with Crippen molar-refractivity contribution in [1.82, 2.24) is 4.98 Å². The smallest absolute Gasteiger partial charge is 0.0792 e. The fourth-order valence-electron chi connectivity index (χ4n) is 3.76. The molecule has 0 atom stereocenters. The Morgan fingerprint density at radius 3 is 2.00 bits per heavy atom. The summed E-state index contributed by atoms with van der Waals surface area (Å²) in [7, 11) is 0. The first-order chi connectivity index (χ1) is 11.3. The Bertz CT molecular complexity index is 1080. The summed E-state index contributed by atoms with van der Waals surface area (Å²) in [5.74, 6) is 0. The van der Waals surface area contributed by atoms with E-state index in [1.807, 2.05) is 6.20 Å². The maximum atomic E-state index is 4.75.